The van der Waals surface area contributed by atoms with E-state index in [0.29, 0.717) is 22.9 Å². The number of thioether (sulfide) groups is 1. The third-order valence-electron chi connectivity index (χ3n) is 2.44. The molecule has 4 N–H and O–H groups in total. The predicted molar refractivity (Wildman–Crippen MR) is 79.6 cm³/mol. The Morgan fingerprint density at radius 2 is 2.32 bits per heavy atom. The van der Waals surface area contributed by atoms with Gasteiger partial charge >= 0.3 is 0 Å². The Morgan fingerprint density at radius 3 is 2.95 bits per heavy atom. The molecule has 0 aliphatic rings. The van der Waals surface area contributed by atoms with Crippen LogP contribution in [0.1, 0.15) is 6.92 Å². The maximum Gasteiger partial charge on any atom is 0.234 e. The SMILES string of the molecule is COc1ccc(N)cc1NC(=O)CSCC(C)CO. The van der Waals surface area contributed by atoms with Gasteiger partial charge in [0.2, 0.25) is 5.91 Å². The second-order valence-electron chi connectivity index (χ2n) is 4.31. The number of methoxy groups -OCH3 is 1. The lowest BCUT2D eigenvalue weighted by Gasteiger charge is -2.11. The minimum atomic E-state index is -0.112. The summed E-state index contributed by atoms with van der Waals surface area (Å²) in [6.07, 6.45) is 0. The van der Waals surface area contributed by atoms with Crippen LogP contribution in [0, 0.1) is 5.92 Å². The van der Waals surface area contributed by atoms with Crippen molar-refractivity contribution in [3.8, 4) is 5.75 Å². The molecule has 19 heavy (non-hydrogen) atoms. The zero-order valence-corrected chi connectivity index (χ0v) is 12.0. The summed E-state index contributed by atoms with van der Waals surface area (Å²) in [5.74, 6) is 1.75. The summed E-state index contributed by atoms with van der Waals surface area (Å²) in [4.78, 5) is 11.8. The summed E-state index contributed by atoms with van der Waals surface area (Å²) >= 11 is 1.49. The number of nitrogens with one attached hydrogen (secondary N) is 1. The van der Waals surface area contributed by atoms with Gasteiger partial charge in [-0.05, 0) is 29.9 Å². The molecular formula is C13H20N2O3S. The van der Waals surface area contributed by atoms with E-state index < -0.39 is 0 Å². The molecule has 0 aliphatic carbocycles. The number of nitrogens with two attached hydrogens (primary N) is 1. The van der Waals surface area contributed by atoms with Crippen LogP contribution in [0.15, 0.2) is 18.2 Å². The van der Waals surface area contributed by atoms with Gasteiger partial charge in [0, 0.05) is 12.3 Å². The predicted octanol–water partition coefficient (Wildman–Crippen LogP) is 1.58. The fraction of sp³-hybridized carbons (Fsp3) is 0.462. The van der Waals surface area contributed by atoms with E-state index in [1.807, 2.05) is 6.92 Å². The van der Waals surface area contributed by atoms with Crippen LogP contribution in [0.3, 0.4) is 0 Å². The van der Waals surface area contributed by atoms with Crippen molar-refractivity contribution < 1.29 is 14.6 Å². The molecule has 1 rings (SSSR count). The largest absolute Gasteiger partial charge is 0.495 e. The summed E-state index contributed by atoms with van der Waals surface area (Å²) in [6, 6.07) is 5.09. The monoisotopic (exact) mass is 284 g/mol. The lowest BCUT2D eigenvalue weighted by molar-refractivity contribution is -0.113. The van der Waals surface area contributed by atoms with Gasteiger partial charge in [-0.2, -0.15) is 11.8 Å². The highest BCUT2D eigenvalue weighted by molar-refractivity contribution is 7.99. The number of aliphatic hydroxyl groups is 1. The summed E-state index contributed by atoms with van der Waals surface area (Å²) in [7, 11) is 1.54. The Labute approximate surface area is 117 Å². The summed E-state index contributed by atoms with van der Waals surface area (Å²) < 4.78 is 5.15. The number of amides is 1. The van der Waals surface area contributed by atoms with Gasteiger partial charge in [-0.1, -0.05) is 6.92 Å². The molecule has 5 nitrogen and oxygen atoms in total. The van der Waals surface area contributed by atoms with Crippen molar-refractivity contribution in [1.29, 1.82) is 0 Å². The van der Waals surface area contributed by atoms with Crippen LogP contribution >= 0.6 is 11.8 Å². The van der Waals surface area contributed by atoms with Crippen molar-refractivity contribution in [3.63, 3.8) is 0 Å². The van der Waals surface area contributed by atoms with Gasteiger partial charge in [0.05, 0.1) is 18.6 Å². The highest BCUT2D eigenvalue weighted by Gasteiger charge is 2.09. The van der Waals surface area contributed by atoms with Crippen LogP contribution in [0.25, 0.3) is 0 Å². The zero-order valence-electron chi connectivity index (χ0n) is 11.2. The normalized spacial score (nSPS) is 11.9. The first-order chi connectivity index (χ1) is 9.06. The second-order valence-corrected chi connectivity index (χ2v) is 5.34. The number of carbonyl (C=O) groups excluding carboxylic acids is 1. The van der Waals surface area contributed by atoms with Crippen LogP contribution < -0.4 is 15.8 Å². The van der Waals surface area contributed by atoms with Crippen molar-refractivity contribution in [3.05, 3.63) is 18.2 Å². The molecule has 1 aromatic rings. The molecule has 0 fully saturated rings. The highest BCUT2D eigenvalue weighted by Crippen LogP contribution is 2.26. The molecular weight excluding hydrogens is 264 g/mol. The number of ether oxygens (including phenoxy) is 1. The fourth-order valence-electron chi connectivity index (χ4n) is 1.42. The van der Waals surface area contributed by atoms with Gasteiger partial charge in [-0.3, -0.25) is 4.79 Å². The molecule has 0 spiro atoms. The van der Waals surface area contributed by atoms with E-state index in [0.717, 1.165) is 5.75 Å². The molecule has 0 radical (unpaired) electrons. The molecule has 1 aromatic carbocycles. The van der Waals surface area contributed by atoms with Crippen molar-refractivity contribution in [2.45, 2.75) is 6.92 Å². The fourth-order valence-corrected chi connectivity index (χ4v) is 2.30. The smallest absolute Gasteiger partial charge is 0.234 e. The number of carbonyl (C=O) groups is 1. The van der Waals surface area contributed by atoms with Gasteiger partial charge in [-0.25, -0.2) is 0 Å². The van der Waals surface area contributed by atoms with Crippen molar-refractivity contribution in [2.75, 3.05) is 36.3 Å². The maximum atomic E-state index is 11.8. The Balaban J connectivity index is 2.50. The Hall–Kier alpha value is -1.40. The lowest BCUT2D eigenvalue weighted by atomic mass is 10.2. The maximum absolute atomic E-state index is 11.8. The summed E-state index contributed by atoms with van der Waals surface area (Å²) in [5.41, 5.74) is 6.82. The van der Waals surface area contributed by atoms with Crippen molar-refractivity contribution in [1.82, 2.24) is 0 Å². The van der Waals surface area contributed by atoms with Crippen LogP contribution in [-0.4, -0.2) is 36.2 Å². The minimum Gasteiger partial charge on any atom is -0.495 e. The molecule has 106 valence electrons. The highest BCUT2D eigenvalue weighted by atomic mass is 32.2. The first-order valence-electron chi connectivity index (χ1n) is 5.98. The molecule has 1 atom stereocenters. The number of benzene rings is 1. The van der Waals surface area contributed by atoms with E-state index in [1.54, 1.807) is 25.3 Å². The number of nitrogen functional groups attached to an aromatic ring is 1. The van der Waals surface area contributed by atoms with Crippen LogP contribution in [-0.2, 0) is 4.79 Å². The van der Waals surface area contributed by atoms with Gasteiger partial charge in [-0.15, -0.1) is 0 Å². The molecule has 0 heterocycles. The van der Waals surface area contributed by atoms with E-state index in [-0.39, 0.29) is 18.4 Å². The van der Waals surface area contributed by atoms with Gasteiger partial charge in [0.1, 0.15) is 5.75 Å². The number of hydrogen-bond acceptors (Lipinski definition) is 5. The third-order valence-corrected chi connectivity index (χ3v) is 3.72. The first-order valence-corrected chi connectivity index (χ1v) is 7.14. The molecule has 0 aromatic heterocycles. The number of rotatable bonds is 7. The second kappa shape index (κ2) is 7.91. The molecule has 0 saturated carbocycles. The van der Waals surface area contributed by atoms with Crippen molar-refractivity contribution in [2.24, 2.45) is 5.92 Å². The van der Waals surface area contributed by atoms with Gasteiger partial charge in [0.25, 0.3) is 0 Å². The Bertz CT molecular complexity index is 426. The van der Waals surface area contributed by atoms with Gasteiger partial charge in [0.15, 0.2) is 0 Å². The zero-order chi connectivity index (χ0) is 14.3. The van der Waals surface area contributed by atoms with E-state index >= 15 is 0 Å². The number of aliphatic hydroxyl groups excluding tert-OH is 1. The summed E-state index contributed by atoms with van der Waals surface area (Å²) in [6.45, 7) is 2.07. The van der Waals surface area contributed by atoms with Crippen LogP contribution in [0.2, 0.25) is 0 Å². The topological polar surface area (TPSA) is 84.6 Å². The van der Waals surface area contributed by atoms with Crippen LogP contribution in [0.4, 0.5) is 11.4 Å². The molecule has 0 saturated heterocycles. The van der Waals surface area contributed by atoms with E-state index in [2.05, 4.69) is 5.32 Å². The van der Waals surface area contributed by atoms with E-state index in [9.17, 15) is 4.79 Å². The molecule has 1 unspecified atom stereocenters. The average molecular weight is 284 g/mol. The van der Waals surface area contributed by atoms with Crippen molar-refractivity contribution >= 4 is 29.0 Å². The number of anilines is 2. The standard InChI is InChI=1S/C13H20N2O3S/c1-9(6-16)7-19-8-13(17)15-11-5-10(14)3-4-12(11)18-2/h3-5,9,16H,6-8,14H2,1-2H3,(H,15,17). The number of hydrogen-bond donors (Lipinski definition) is 3. The summed E-state index contributed by atoms with van der Waals surface area (Å²) in [5, 5.41) is 11.7. The van der Waals surface area contributed by atoms with E-state index in [4.69, 9.17) is 15.6 Å². The van der Waals surface area contributed by atoms with Gasteiger partial charge < -0.3 is 20.9 Å². The minimum absolute atomic E-state index is 0.112. The molecule has 0 bridgehead atoms. The van der Waals surface area contributed by atoms with E-state index in [1.165, 1.54) is 11.8 Å². The molecule has 1 amide bonds. The molecule has 6 heteroatoms. The quantitative estimate of drug-likeness (QED) is 0.662. The Kier molecular flexibility index (Phi) is 6.52. The first kappa shape index (κ1) is 15.7. The Morgan fingerprint density at radius 1 is 1.58 bits per heavy atom. The average Bonchev–Trinajstić information content (AvgIpc) is 2.38. The lowest BCUT2D eigenvalue weighted by Crippen LogP contribution is -2.16. The van der Waals surface area contributed by atoms with Crippen LogP contribution in [0.5, 0.6) is 5.75 Å². The third kappa shape index (κ3) is 5.40. The molecule has 0 aliphatic heterocycles.